The van der Waals surface area contributed by atoms with Gasteiger partial charge < -0.3 is 16.0 Å². The lowest BCUT2D eigenvalue weighted by molar-refractivity contribution is -0.383. The van der Waals surface area contributed by atoms with E-state index in [9.17, 15) is 14.9 Å². The van der Waals surface area contributed by atoms with Gasteiger partial charge in [-0.25, -0.2) is 0 Å². The summed E-state index contributed by atoms with van der Waals surface area (Å²) in [7, 11) is 1.63. The van der Waals surface area contributed by atoms with E-state index in [4.69, 9.17) is 0 Å². The number of nitro groups is 1. The zero-order valence-corrected chi connectivity index (χ0v) is 12.8. The van der Waals surface area contributed by atoms with E-state index in [1.807, 2.05) is 20.8 Å². The number of carbonyl (C=O) groups excluding carboxylic acids is 1. The van der Waals surface area contributed by atoms with Crippen molar-refractivity contribution >= 4 is 23.0 Å². The van der Waals surface area contributed by atoms with Gasteiger partial charge in [0.05, 0.1) is 4.92 Å². The Balaban J connectivity index is 2.68. The third-order valence-corrected chi connectivity index (χ3v) is 2.67. The highest BCUT2D eigenvalue weighted by Gasteiger charge is 2.19. The molecule has 0 aliphatic heterocycles. The van der Waals surface area contributed by atoms with Crippen molar-refractivity contribution in [2.45, 2.75) is 32.7 Å². The number of carbonyl (C=O) groups is 1. The van der Waals surface area contributed by atoms with Gasteiger partial charge in [-0.3, -0.25) is 14.9 Å². The van der Waals surface area contributed by atoms with Crippen LogP contribution in [0.5, 0.6) is 0 Å². The van der Waals surface area contributed by atoms with E-state index in [0.29, 0.717) is 17.9 Å². The fourth-order valence-electron chi connectivity index (χ4n) is 1.88. The number of anilines is 2. The lowest BCUT2D eigenvalue weighted by Crippen LogP contribution is -2.41. The number of benzene rings is 1. The largest absolute Gasteiger partial charge is 0.382 e. The number of hydrogen-bond acceptors (Lipinski definition) is 5. The van der Waals surface area contributed by atoms with E-state index in [2.05, 4.69) is 16.0 Å². The number of hydrogen-bond donors (Lipinski definition) is 3. The van der Waals surface area contributed by atoms with Gasteiger partial charge in [-0.15, -0.1) is 0 Å². The average Bonchev–Trinajstić information content (AvgIpc) is 2.35. The van der Waals surface area contributed by atoms with E-state index in [0.717, 1.165) is 0 Å². The maximum absolute atomic E-state index is 11.7. The van der Waals surface area contributed by atoms with Gasteiger partial charge in [-0.1, -0.05) is 6.07 Å². The van der Waals surface area contributed by atoms with Crippen LogP contribution in [0.4, 0.5) is 17.1 Å². The molecule has 0 radical (unpaired) electrons. The van der Waals surface area contributed by atoms with Crippen molar-refractivity contribution in [2.24, 2.45) is 0 Å². The van der Waals surface area contributed by atoms with Crippen LogP contribution < -0.4 is 16.0 Å². The normalized spacial score (nSPS) is 10.9. The molecule has 0 fully saturated rings. The van der Waals surface area contributed by atoms with Crippen LogP contribution >= 0.6 is 0 Å². The second-order valence-corrected chi connectivity index (χ2v) is 5.68. The minimum atomic E-state index is -0.441. The minimum Gasteiger partial charge on any atom is -0.382 e. The molecule has 0 bridgehead atoms. The van der Waals surface area contributed by atoms with Crippen LogP contribution in [0.1, 0.15) is 27.2 Å². The van der Waals surface area contributed by atoms with E-state index in [1.54, 1.807) is 25.2 Å². The number of nitro benzene ring substituents is 1. The molecule has 1 aromatic rings. The molecule has 0 aliphatic carbocycles. The highest BCUT2D eigenvalue weighted by atomic mass is 16.6. The molecular weight excluding hydrogens is 272 g/mol. The summed E-state index contributed by atoms with van der Waals surface area (Å²) in [5.74, 6) is -0.0950. The summed E-state index contributed by atoms with van der Waals surface area (Å²) in [4.78, 5) is 22.4. The Labute approximate surface area is 124 Å². The number of nitrogens with zero attached hydrogens (tertiary/aromatic N) is 1. The van der Waals surface area contributed by atoms with Crippen LogP contribution in [0.2, 0.25) is 0 Å². The standard InChI is InChI=1S/C14H22N4O3/c1-14(2,3)17-12(19)8-9-16-11-7-5-6-10(15-4)13(11)18(20)21/h5-7,15-16H,8-9H2,1-4H3,(H,17,19). The molecule has 0 unspecified atom stereocenters. The van der Waals surface area contributed by atoms with E-state index < -0.39 is 4.92 Å². The van der Waals surface area contributed by atoms with Gasteiger partial charge in [0.1, 0.15) is 11.4 Å². The minimum absolute atomic E-state index is 0.0174. The highest BCUT2D eigenvalue weighted by Crippen LogP contribution is 2.32. The fraction of sp³-hybridized carbons (Fsp3) is 0.500. The summed E-state index contributed by atoms with van der Waals surface area (Å²) in [6.07, 6.45) is 0.248. The molecule has 1 aromatic carbocycles. The average molecular weight is 294 g/mol. The lowest BCUT2D eigenvalue weighted by Gasteiger charge is -2.20. The number of para-hydroxylation sites is 1. The molecule has 1 rings (SSSR count). The maximum atomic E-state index is 11.7. The van der Waals surface area contributed by atoms with Crippen molar-refractivity contribution in [3.8, 4) is 0 Å². The van der Waals surface area contributed by atoms with Crippen molar-refractivity contribution in [1.29, 1.82) is 0 Å². The first kappa shape index (κ1) is 16.7. The van der Waals surface area contributed by atoms with Gasteiger partial charge in [0.15, 0.2) is 0 Å². The molecule has 0 aliphatic rings. The first-order valence-electron chi connectivity index (χ1n) is 6.74. The second kappa shape index (κ2) is 6.92. The second-order valence-electron chi connectivity index (χ2n) is 5.68. The molecule has 116 valence electrons. The Morgan fingerprint density at radius 2 is 1.90 bits per heavy atom. The van der Waals surface area contributed by atoms with Gasteiger partial charge in [-0.05, 0) is 32.9 Å². The molecule has 0 saturated heterocycles. The SMILES string of the molecule is CNc1cccc(NCCC(=O)NC(C)(C)C)c1[N+](=O)[O-]. The van der Waals surface area contributed by atoms with Crippen LogP contribution in [0.15, 0.2) is 18.2 Å². The summed E-state index contributed by atoms with van der Waals surface area (Å²) in [5.41, 5.74) is 0.533. The zero-order valence-electron chi connectivity index (χ0n) is 12.8. The number of rotatable bonds is 6. The molecule has 3 N–H and O–H groups in total. The number of amides is 1. The molecule has 0 saturated carbocycles. The predicted molar refractivity (Wildman–Crippen MR) is 83.6 cm³/mol. The summed E-state index contributed by atoms with van der Waals surface area (Å²) in [5, 5.41) is 19.7. The Morgan fingerprint density at radius 1 is 1.29 bits per heavy atom. The van der Waals surface area contributed by atoms with Crippen molar-refractivity contribution < 1.29 is 9.72 Å². The van der Waals surface area contributed by atoms with Crippen LogP contribution in [0.25, 0.3) is 0 Å². The molecule has 21 heavy (non-hydrogen) atoms. The molecule has 7 nitrogen and oxygen atoms in total. The summed E-state index contributed by atoms with van der Waals surface area (Å²) in [6.45, 7) is 6.04. The molecule has 0 aromatic heterocycles. The Bertz CT molecular complexity index is 523. The van der Waals surface area contributed by atoms with Crippen molar-refractivity contribution in [1.82, 2.24) is 5.32 Å². The van der Waals surface area contributed by atoms with E-state index in [-0.39, 0.29) is 23.6 Å². The van der Waals surface area contributed by atoms with Crippen LogP contribution in [-0.2, 0) is 4.79 Å². The smallest absolute Gasteiger partial charge is 0.315 e. The topological polar surface area (TPSA) is 96.3 Å². The van der Waals surface area contributed by atoms with Crippen LogP contribution in [0.3, 0.4) is 0 Å². The zero-order chi connectivity index (χ0) is 16.0. The summed E-state index contributed by atoms with van der Waals surface area (Å²) >= 11 is 0. The maximum Gasteiger partial charge on any atom is 0.315 e. The third-order valence-electron chi connectivity index (χ3n) is 2.67. The highest BCUT2D eigenvalue weighted by molar-refractivity contribution is 5.79. The first-order valence-corrected chi connectivity index (χ1v) is 6.74. The Kier molecular flexibility index (Phi) is 5.52. The quantitative estimate of drug-likeness (QED) is 0.553. The van der Waals surface area contributed by atoms with E-state index >= 15 is 0 Å². The van der Waals surface area contributed by atoms with Gasteiger partial charge in [0, 0.05) is 25.6 Å². The first-order chi connectivity index (χ1) is 9.74. The molecule has 0 atom stereocenters. The van der Waals surface area contributed by atoms with Gasteiger partial charge >= 0.3 is 5.69 Å². The van der Waals surface area contributed by atoms with Crippen molar-refractivity contribution in [3.63, 3.8) is 0 Å². The summed E-state index contributed by atoms with van der Waals surface area (Å²) < 4.78 is 0. The van der Waals surface area contributed by atoms with Gasteiger partial charge in [0.25, 0.3) is 0 Å². The third kappa shape index (κ3) is 5.29. The summed E-state index contributed by atoms with van der Waals surface area (Å²) in [6, 6.07) is 4.98. The fourth-order valence-corrected chi connectivity index (χ4v) is 1.88. The number of nitrogens with one attached hydrogen (secondary N) is 3. The van der Waals surface area contributed by atoms with Crippen molar-refractivity contribution in [2.75, 3.05) is 24.2 Å². The van der Waals surface area contributed by atoms with Crippen molar-refractivity contribution in [3.05, 3.63) is 28.3 Å². The molecular formula is C14H22N4O3. The monoisotopic (exact) mass is 294 g/mol. The van der Waals surface area contributed by atoms with E-state index in [1.165, 1.54) is 0 Å². The van der Waals surface area contributed by atoms with Crippen LogP contribution in [-0.4, -0.2) is 30.0 Å². The molecule has 0 spiro atoms. The molecule has 7 heteroatoms. The molecule has 1 amide bonds. The van der Waals surface area contributed by atoms with Gasteiger partial charge in [0.2, 0.25) is 5.91 Å². The molecule has 0 heterocycles. The predicted octanol–water partition coefficient (Wildman–Crippen LogP) is 2.35. The lowest BCUT2D eigenvalue weighted by atomic mass is 10.1. The Hall–Kier alpha value is -2.31. The van der Waals surface area contributed by atoms with Crippen LogP contribution in [0, 0.1) is 10.1 Å². The Morgan fingerprint density at radius 3 is 2.43 bits per heavy atom. The van der Waals surface area contributed by atoms with Gasteiger partial charge in [-0.2, -0.15) is 0 Å².